The Morgan fingerprint density at radius 3 is 2.42 bits per heavy atom. The summed E-state index contributed by atoms with van der Waals surface area (Å²) in [5.74, 6) is -1.65. The van der Waals surface area contributed by atoms with Crippen molar-refractivity contribution in [1.29, 1.82) is 0 Å². The van der Waals surface area contributed by atoms with Crippen LogP contribution in [0, 0.1) is 28.1 Å². The van der Waals surface area contributed by atoms with Crippen LogP contribution < -0.4 is 0 Å². The van der Waals surface area contributed by atoms with Gasteiger partial charge in [0, 0.05) is 18.8 Å². The number of ether oxygens (including phenoxy) is 4. The van der Waals surface area contributed by atoms with Crippen LogP contribution in [0.3, 0.4) is 0 Å². The van der Waals surface area contributed by atoms with Crippen LogP contribution >= 0.6 is 0 Å². The summed E-state index contributed by atoms with van der Waals surface area (Å²) in [5.41, 5.74) is -2.12. The molecule has 5 atom stereocenters. The van der Waals surface area contributed by atoms with Crippen LogP contribution in [0.25, 0.3) is 0 Å². The molecule has 2 aliphatic heterocycles. The summed E-state index contributed by atoms with van der Waals surface area (Å²) in [6.07, 6.45) is 3.56. The van der Waals surface area contributed by atoms with Crippen LogP contribution in [0.4, 0.5) is 0 Å². The summed E-state index contributed by atoms with van der Waals surface area (Å²) >= 11 is 0. The van der Waals surface area contributed by atoms with E-state index in [9.17, 15) is 14.4 Å². The number of carbonyl (C=O) groups is 3. The smallest absolute Gasteiger partial charge is 0.313 e. The third kappa shape index (κ3) is 5.39. The third-order valence-electron chi connectivity index (χ3n) is 8.46. The zero-order valence-corrected chi connectivity index (χ0v) is 21.5. The van der Waals surface area contributed by atoms with Crippen LogP contribution in [0.15, 0.2) is 0 Å². The summed E-state index contributed by atoms with van der Waals surface area (Å²) in [4.78, 5) is 38.8. The molecule has 0 radical (unpaired) electrons. The van der Waals surface area contributed by atoms with E-state index in [2.05, 4.69) is 41.5 Å². The van der Waals surface area contributed by atoms with Crippen molar-refractivity contribution < 1.29 is 33.3 Å². The molecule has 5 unspecified atom stereocenters. The standard InChI is InChI=1S/C26H42O7/c1-8-24(5,6)15-25(7,23(2,3)4)22(29)33-26-14-17(12-18(26)13-19(27)31-16-26)21(28)32-20-10-9-11-30-20/h17-18,20H,8-16H2,1-7H3. The van der Waals surface area contributed by atoms with Crippen molar-refractivity contribution in [2.45, 2.75) is 105 Å². The number of cyclic esters (lactones) is 1. The first-order chi connectivity index (χ1) is 15.2. The molecule has 0 amide bonds. The molecule has 0 N–H and O–H groups in total. The molecule has 0 aromatic rings. The van der Waals surface area contributed by atoms with Gasteiger partial charge in [-0.1, -0.05) is 48.0 Å². The van der Waals surface area contributed by atoms with Gasteiger partial charge in [0.2, 0.25) is 6.29 Å². The highest BCUT2D eigenvalue weighted by Gasteiger charge is 2.59. The summed E-state index contributed by atoms with van der Waals surface area (Å²) in [7, 11) is 0. The lowest BCUT2D eigenvalue weighted by Crippen LogP contribution is -2.53. The van der Waals surface area contributed by atoms with Crippen molar-refractivity contribution in [2.24, 2.45) is 28.1 Å². The molecule has 3 aliphatic rings. The number of rotatable bonds is 7. The van der Waals surface area contributed by atoms with Gasteiger partial charge in [0.05, 0.1) is 24.4 Å². The molecule has 7 nitrogen and oxygen atoms in total. The summed E-state index contributed by atoms with van der Waals surface area (Å²) in [5, 5.41) is 0. The van der Waals surface area contributed by atoms with Crippen molar-refractivity contribution in [2.75, 3.05) is 13.2 Å². The van der Waals surface area contributed by atoms with Gasteiger partial charge in [0.15, 0.2) is 5.60 Å². The van der Waals surface area contributed by atoms with E-state index in [1.807, 2.05) is 6.92 Å². The summed E-state index contributed by atoms with van der Waals surface area (Å²) in [6.45, 7) is 15.2. The number of hydrogen-bond donors (Lipinski definition) is 0. The molecule has 0 aromatic carbocycles. The lowest BCUT2D eigenvalue weighted by molar-refractivity contribution is -0.204. The van der Waals surface area contributed by atoms with Crippen LogP contribution in [0.2, 0.25) is 0 Å². The van der Waals surface area contributed by atoms with Gasteiger partial charge < -0.3 is 18.9 Å². The van der Waals surface area contributed by atoms with Gasteiger partial charge >= 0.3 is 17.9 Å². The number of fused-ring (bicyclic) bond motifs is 1. The molecule has 0 aromatic heterocycles. The molecule has 0 bridgehead atoms. The second-order valence-corrected chi connectivity index (χ2v) is 12.3. The number of hydrogen-bond acceptors (Lipinski definition) is 7. The zero-order valence-electron chi connectivity index (χ0n) is 21.5. The molecule has 33 heavy (non-hydrogen) atoms. The Hall–Kier alpha value is -1.63. The third-order valence-corrected chi connectivity index (χ3v) is 8.46. The molecular formula is C26H42O7. The van der Waals surface area contributed by atoms with Crippen molar-refractivity contribution in [3.63, 3.8) is 0 Å². The second kappa shape index (κ2) is 9.20. The van der Waals surface area contributed by atoms with Crippen LogP contribution in [-0.2, 0) is 33.3 Å². The van der Waals surface area contributed by atoms with Gasteiger partial charge in [-0.2, -0.15) is 0 Å². The maximum atomic E-state index is 13.8. The maximum absolute atomic E-state index is 13.8. The van der Waals surface area contributed by atoms with E-state index in [0.29, 0.717) is 32.3 Å². The maximum Gasteiger partial charge on any atom is 0.313 e. The first-order valence-corrected chi connectivity index (χ1v) is 12.4. The van der Waals surface area contributed by atoms with Crippen molar-refractivity contribution in [1.82, 2.24) is 0 Å². The summed E-state index contributed by atoms with van der Waals surface area (Å²) < 4.78 is 22.7. The fraction of sp³-hybridized carbons (Fsp3) is 0.885. The predicted octanol–water partition coefficient (Wildman–Crippen LogP) is 4.80. The molecule has 2 heterocycles. The molecule has 7 heteroatoms. The fourth-order valence-electron chi connectivity index (χ4n) is 5.36. The Morgan fingerprint density at radius 1 is 1.15 bits per heavy atom. The van der Waals surface area contributed by atoms with E-state index < -0.39 is 23.2 Å². The monoisotopic (exact) mass is 466 g/mol. The normalized spacial score (nSPS) is 32.0. The molecule has 0 spiro atoms. The van der Waals surface area contributed by atoms with Crippen LogP contribution in [-0.4, -0.2) is 43.0 Å². The first kappa shape index (κ1) is 26.0. The zero-order chi connectivity index (χ0) is 24.7. The van der Waals surface area contributed by atoms with Crippen molar-refractivity contribution in [3.8, 4) is 0 Å². The predicted molar refractivity (Wildman–Crippen MR) is 122 cm³/mol. The molecule has 3 fully saturated rings. The molecular weight excluding hydrogens is 424 g/mol. The van der Waals surface area contributed by atoms with Gasteiger partial charge in [-0.25, -0.2) is 0 Å². The minimum atomic E-state index is -0.992. The Kier molecular flexibility index (Phi) is 7.24. The highest BCUT2D eigenvalue weighted by Crippen LogP contribution is 2.52. The lowest BCUT2D eigenvalue weighted by Gasteiger charge is -2.47. The van der Waals surface area contributed by atoms with Crippen molar-refractivity contribution >= 4 is 17.9 Å². The Bertz CT molecular complexity index is 761. The topological polar surface area (TPSA) is 88.1 Å². The van der Waals surface area contributed by atoms with Gasteiger partial charge in [0.25, 0.3) is 0 Å². The van der Waals surface area contributed by atoms with E-state index in [4.69, 9.17) is 18.9 Å². The lowest BCUT2D eigenvalue weighted by atomic mass is 9.60. The van der Waals surface area contributed by atoms with E-state index in [-0.39, 0.29) is 47.7 Å². The Labute approximate surface area is 198 Å². The van der Waals surface area contributed by atoms with Crippen LogP contribution in [0.1, 0.15) is 93.4 Å². The highest BCUT2D eigenvalue weighted by molar-refractivity contribution is 5.79. The van der Waals surface area contributed by atoms with E-state index in [1.54, 1.807) is 0 Å². The van der Waals surface area contributed by atoms with Gasteiger partial charge in [-0.15, -0.1) is 0 Å². The van der Waals surface area contributed by atoms with Gasteiger partial charge in [-0.05, 0) is 37.0 Å². The first-order valence-electron chi connectivity index (χ1n) is 12.4. The summed E-state index contributed by atoms with van der Waals surface area (Å²) in [6, 6.07) is 0. The minimum Gasteiger partial charge on any atom is -0.461 e. The van der Waals surface area contributed by atoms with E-state index in [1.165, 1.54) is 0 Å². The molecule has 188 valence electrons. The Morgan fingerprint density at radius 2 is 1.85 bits per heavy atom. The van der Waals surface area contributed by atoms with Gasteiger partial charge in [-0.3, -0.25) is 14.4 Å². The fourth-order valence-corrected chi connectivity index (χ4v) is 5.36. The number of esters is 3. The second-order valence-electron chi connectivity index (χ2n) is 12.3. The molecule has 2 saturated heterocycles. The quantitative estimate of drug-likeness (QED) is 0.393. The van der Waals surface area contributed by atoms with Gasteiger partial charge in [0.1, 0.15) is 6.61 Å². The van der Waals surface area contributed by atoms with E-state index in [0.717, 1.165) is 12.8 Å². The SMILES string of the molecule is CCC(C)(C)CC(C)(C(=O)OC12COC(=O)CC1CC(C(=O)OC1CCCO1)C2)C(C)(C)C. The van der Waals surface area contributed by atoms with E-state index >= 15 is 0 Å². The largest absolute Gasteiger partial charge is 0.461 e. The minimum absolute atomic E-state index is 0.0106. The number of carbonyl (C=O) groups excluding carboxylic acids is 3. The Balaban J connectivity index is 1.82. The molecule has 1 aliphatic carbocycles. The van der Waals surface area contributed by atoms with Crippen molar-refractivity contribution in [3.05, 3.63) is 0 Å². The molecule has 3 rings (SSSR count). The average molecular weight is 467 g/mol. The molecule has 1 saturated carbocycles. The highest BCUT2D eigenvalue weighted by atomic mass is 16.7. The average Bonchev–Trinajstić information content (AvgIpc) is 3.34. The van der Waals surface area contributed by atoms with Crippen LogP contribution in [0.5, 0.6) is 0 Å².